The zero-order valence-electron chi connectivity index (χ0n) is 20.4. The number of hydrogen-bond acceptors (Lipinski definition) is 4. The molecule has 2 heterocycles. The Morgan fingerprint density at radius 3 is 1.83 bits per heavy atom. The summed E-state index contributed by atoms with van der Waals surface area (Å²) in [6, 6.07) is 29.4. The van der Waals surface area contributed by atoms with Crippen LogP contribution in [0.25, 0.3) is 28.0 Å². The van der Waals surface area contributed by atoms with Crippen LogP contribution in [0.15, 0.2) is 95.4 Å². The normalized spacial score (nSPS) is 14.1. The summed E-state index contributed by atoms with van der Waals surface area (Å²) in [4.78, 5) is 4.21. The molecule has 4 aromatic carbocycles. The standard InChI is InChI=1S/C31H28N2O2/c1-32(2)23-13-9-21(10-14-23)31(22-11-15-24(16-12-22)33(3)4)20-19-26-28(35-31)17-18-29-30(26)25-7-5-6-8-27(25)34-29/h5-20H,1-4H3. The maximum atomic E-state index is 6.96. The van der Waals surface area contributed by atoms with Gasteiger partial charge >= 0.3 is 0 Å². The van der Waals surface area contributed by atoms with Crippen molar-refractivity contribution in [2.45, 2.75) is 5.60 Å². The topological polar surface area (TPSA) is 28.9 Å². The first-order valence-electron chi connectivity index (χ1n) is 11.8. The fraction of sp³-hybridized carbons (Fsp3) is 0.161. The van der Waals surface area contributed by atoms with Crippen LogP contribution in [0.3, 0.4) is 0 Å². The predicted octanol–water partition coefficient (Wildman–Crippen LogP) is 7.07. The molecule has 0 fully saturated rings. The van der Waals surface area contributed by atoms with Crippen molar-refractivity contribution in [3.05, 3.63) is 108 Å². The van der Waals surface area contributed by atoms with Gasteiger partial charge in [-0.25, -0.2) is 0 Å². The Balaban J connectivity index is 1.55. The van der Waals surface area contributed by atoms with Gasteiger partial charge in [0.05, 0.1) is 0 Å². The second-order valence-electron chi connectivity index (χ2n) is 9.50. The summed E-state index contributed by atoms with van der Waals surface area (Å²) in [6.07, 6.45) is 4.38. The molecule has 5 aromatic rings. The van der Waals surface area contributed by atoms with Crippen LogP contribution in [0.4, 0.5) is 11.4 Å². The number of rotatable bonds is 4. The lowest BCUT2D eigenvalue weighted by molar-refractivity contribution is 0.161. The zero-order valence-corrected chi connectivity index (χ0v) is 20.4. The van der Waals surface area contributed by atoms with E-state index in [9.17, 15) is 0 Å². The van der Waals surface area contributed by atoms with E-state index in [2.05, 4.69) is 105 Å². The van der Waals surface area contributed by atoms with E-state index in [0.717, 1.165) is 55.8 Å². The summed E-state index contributed by atoms with van der Waals surface area (Å²) >= 11 is 0. The van der Waals surface area contributed by atoms with E-state index in [1.807, 2.05) is 30.3 Å². The van der Waals surface area contributed by atoms with Gasteiger partial charge in [-0.05, 0) is 54.6 Å². The molecule has 4 nitrogen and oxygen atoms in total. The van der Waals surface area contributed by atoms with Crippen molar-refractivity contribution in [1.29, 1.82) is 0 Å². The van der Waals surface area contributed by atoms with Crippen molar-refractivity contribution < 1.29 is 9.15 Å². The Bertz CT molecular complexity index is 1510. The third-order valence-electron chi connectivity index (χ3n) is 6.92. The molecule has 0 saturated heterocycles. The summed E-state index contributed by atoms with van der Waals surface area (Å²) in [7, 11) is 8.22. The first-order valence-corrected chi connectivity index (χ1v) is 11.8. The molecule has 0 saturated carbocycles. The molecular weight excluding hydrogens is 432 g/mol. The number of furan rings is 1. The van der Waals surface area contributed by atoms with Crippen molar-refractivity contribution >= 4 is 39.4 Å². The van der Waals surface area contributed by atoms with Crippen LogP contribution >= 0.6 is 0 Å². The van der Waals surface area contributed by atoms with E-state index < -0.39 is 5.60 Å². The highest BCUT2D eigenvalue weighted by Crippen LogP contribution is 2.46. The van der Waals surface area contributed by atoms with E-state index in [0.29, 0.717) is 0 Å². The van der Waals surface area contributed by atoms with Crippen LogP contribution in [0.1, 0.15) is 16.7 Å². The lowest BCUT2D eigenvalue weighted by Gasteiger charge is -2.36. The van der Waals surface area contributed by atoms with E-state index in [4.69, 9.17) is 9.15 Å². The maximum Gasteiger partial charge on any atom is 0.178 e. The molecule has 0 spiro atoms. The number of fused-ring (bicyclic) bond motifs is 5. The Morgan fingerprint density at radius 1 is 0.629 bits per heavy atom. The average Bonchev–Trinajstić information content (AvgIpc) is 3.27. The van der Waals surface area contributed by atoms with Gasteiger partial charge in [-0.1, -0.05) is 42.5 Å². The van der Waals surface area contributed by atoms with Crippen molar-refractivity contribution in [3.63, 3.8) is 0 Å². The molecule has 1 aliphatic heterocycles. The largest absolute Gasteiger partial charge is 0.473 e. The van der Waals surface area contributed by atoms with Gasteiger partial charge in [0.25, 0.3) is 0 Å². The van der Waals surface area contributed by atoms with Crippen molar-refractivity contribution in [3.8, 4) is 5.75 Å². The van der Waals surface area contributed by atoms with Crippen molar-refractivity contribution in [1.82, 2.24) is 0 Å². The second kappa shape index (κ2) is 7.95. The van der Waals surface area contributed by atoms with Crippen LogP contribution in [0.5, 0.6) is 5.75 Å². The molecule has 0 unspecified atom stereocenters. The quantitative estimate of drug-likeness (QED) is 0.287. The number of benzene rings is 4. The third-order valence-corrected chi connectivity index (χ3v) is 6.92. The predicted molar refractivity (Wildman–Crippen MR) is 146 cm³/mol. The Morgan fingerprint density at radius 2 is 1.23 bits per heavy atom. The second-order valence-corrected chi connectivity index (χ2v) is 9.50. The molecule has 0 bridgehead atoms. The highest BCUT2D eigenvalue weighted by atomic mass is 16.5. The fourth-order valence-electron chi connectivity index (χ4n) is 4.98. The number of para-hydroxylation sites is 1. The minimum Gasteiger partial charge on any atom is -0.473 e. The van der Waals surface area contributed by atoms with Gasteiger partial charge in [-0.3, -0.25) is 0 Å². The summed E-state index contributed by atoms with van der Waals surface area (Å²) in [5.74, 6) is 0.847. The maximum absolute atomic E-state index is 6.96. The molecule has 1 aromatic heterocycles. The Hall–Kier alpha value is -4.18. The van der Waals surface area contributed by atoms with Crippen molar-refractivity contribution in [2.75, 3.05) is 38.0 Å². The molecule has 1 aliphatic rings. The van der Waals surface area contributed by atoms with Gasteiger partial charge in [-0.2, -0.15) is 0 Å². The van der Waals surface area contributed by atoms with Gasteiger partial charge in [0.1, 0.15) is 16.9 Å². The minimum absolute atomic E-state index is 0.740. The Kier molecular flexibility index (Phi) is 4.85. The molecule has 174 valence electrons. The molecule has 0 N–H and O–H groups in total. The van der Waals surface area contributed by atoms with Crippen LogP contribution in [0.2, 0.25) is 0 Å². The van der Waals surface area contributed by atoms with E-state index in [1.54, 1.807) is 0 Å². The summed E-state index contributed by atoms with van der Waals surface area (Å²) < 4.78 is 13.1. The fourth-order valence-corrected chi connectivity index (χ4v) is 4.98. The first-order chi connectivity index (χ1) is 17.0. The zero-order chi connectivity index (χ0) is 24.2. The van der Waals surface area contributed by atoms with E-state index >= 15 is 0 Å². The number of ether oxygens (including phenoxy) is 1. The molecule has 4 heteroatoms. The van der Waals surface area contributed by atoms with Gasteiger partial charge in [0.2, 0.25) is 0 Å². The molecule has 0 atom stereocenters. The van der Waals surface area contributed by atoms with Gasteiger partial charge in [0, 0.05) is 67.0 Å². The molecular formula is C31H28N2O2. The molecule has 6 rings (SSSR count). The number of nitrogens with zero attached hydrogens (tertiary/aromatic N) is 2. The smallest absolute Gasteiger partial charge is 0.178 e. The van der Waals surface area contributed by atoms with Crippen LogP contribution in [-0.4, -0.2) is 28.2 Å². The van der Waals surface area contributed by atoms with Crippen LogP contribution in [-0.2, 0) is 5.60 Å². The van der Waals surface area contributed by atoms with E-state index in [-0.39, 0.29) is 0 Å². The van der Waals surface area contributed by atoms with E-state index in [1.165, 1.54) is 0 Å². The highest BCUT2D eigenvalue weighted by Gasteiger charge is 2.38. The first kappa shape index (κ1) is 21.4. The van der Waals surface area contributed by atoms with Crippen molar-refractivity contribution in [2.24, 2.45) is 0 Å². The molecule has 0 aliphatic carbocycles. The van der Waals surface area contributed by atoms with Crippen LogP contribution < -0.4 is 14.5 Å². The van der Waals surface area contributed by atoms with Crippen LogP contribution in [0, 0.1) is 0 Å². The SMILES string of the molecule is CN(C)c1ccc(C2(c3ccc(N(C)C)cc3)C=Cc3c(ccc4oc5ccccc5c34)O2)cc1. The number of hydrogen-bond donors (Lipinski definition) is 0. The third kappa shape index (κ3) is 3.36. The number of anilines is 2. The molecule has 35 heavy (non-hydrogen) atoms. The van der Waals surface area contributed by atoms with Gasteiger partial charge < -0.3 is 19.0 Å². The summed E-state index contributed by atoms with van der Waals surface area (Å²) in [5.41, 5.74) is 6.54. The average molecular weight is 461 g/mol. The van der Waals surface area contributed by atoms with Gasteiger partial charge in [-0.15, -0.1) is 0 Å². The monoisotopic (exact) mass is 460 g/mol. The summed E-state index contributed by atoms with van der Waals surface area (Å²) in [5, 5.41) is 2.19. The van der Waals surface area contributed by atoms with Gasteiger partial charge in [0.15, 0.2) is 5.60 Å². The molecule has 0 amide bonds. The molecule has 0 radical (unpaired) electrons. The lowest BCUT2D eigenvalue weighted by Crippen LogP contribution is -2.34. The minimum atomic E-state index is -0.740. The highest BCUT2D eigenvalue weighted by molar-refractivity contribution is 6.10. The lowest BCUT2D eigenvalue weighted by atomic mass is 9.83. The summed E-state index contributed by atoms with van der Waals surface area (Å²) in [6.45, 7) is 0. The Labute approximate surface area is 205 Å².